The van der Waals surface area contributed by atoms with Gasteiger partial charge in [0.15, 0.2) is 0 Å². The van der Waals surface area contributed by atoms with Crippen molar-refractivity contribution in [3.63, 3.8) is 0 Å². The molecule has 1 saturated heterocycles. The van der Waals surface area contributed by atoms with Crippen molar-refractivity contribution >= 4 is 11.8 Å². The molecule has 1 aliphatic heterocycles. The van der Waals surface area contributed by atoms with Crippen molar-refractivity contribution in [2.24, 2.45) is 7.05 Å². The summed E-state index contributed by atoms with van der Waals surface area (Å²) in [6.07, 6.45) is 3.64. The molecule has 7 nitrogen and oxygen atoms in total. The highest BCUT2D eigenvalue weighted by Crippen LogP contribution is 2.16. The van der Waals surface area contributed by atoms with Crippen LogP contribution < -0.4 is 5.32 Å². The molecule has 1 aromatic heterocycles. The van der Waals surface area contributed by atoms with Gasteiger partial charge in [0.2, 0.25) is 11.8 Å². The minimum atomic E-state index is -0.540. The minimum Gasteiger partial charge on any atom is -0.353 e. The Morgan fingerprint density at radius 2 is 2.11 bits per heavy atom. The van der Waals surface area contributed by atoms with Crippen LogP contribution in [-0.4, -0.2) is 56.8 Å². The van der Waals surface area contributed by atoms with E-state index in [1.165, 1.54) is 12.1 Å². The second-order valence-corrected chi connectivity index (χ2v) is 6.97. The van der Waals surface area contributed by atoms with Gasteiger partial charge < -0.3 is 14.8 Å². The van der Waals surface area contributed by atoms with E-state index in [0.717, 1.165) is 11.4 Å². The first-order valence-corrected chi connectivity index (χ1v) is 9.48. The first-order chi connectivity index (χ1) is 13.5. The van der Waals surface area contributed by atoms with Crippen LogP contribution >= 0.6 is 0 Å². The Hall–Kier alpha value is -2.74. The van der Waals surface area contributed by atoms with Gasteiger partial charge in [0.05, 0.1) is 19.0 Å². The third kappa shape index (κ3) is 4.75. The first-order valence-electron chi connectivity index (χ1n) is 9.48. The quantitative estimate of drug-likeness (QED) is 0.778. The fraction of sp³-hybridized carbons (Fsp3) is 0.450. The number of benzene rings is 1. The summed E-state index contributed by atoms with van der Waals surface area (Å²) in [5, 5.41) is 2.85. The number of carbonyl (C=O) groups is 2. The molecule has 0 aliphatic carbocycles. The van der Waals surface area contributed by atoms with E-state index in [0.29, 0.717) is 32.7 Å². The predicted molar refractivity (Wildman–Crippen MR) is 103 cm³/mol. The van der Waals surface area contributed by atoms with E-state index < -0.39 is 6.04 Å². The molecule has 28 heavy (non-hydrogen) atoms. The number of halogens is 1. The molecule has 0 unspecified atom stereocenters. The fourth-order valence-electron chi connectivity index (χ4n) is 3.39. The van der Waals surface area contributed by atoms with E-state index in [1.807, 2.05) is 29.6 Å². The van der Waals surface area contributed by atoms with Gasteiger partial charge in [-0.1, -0.05) is 12.1 Å². The maximum absolute atomic E-state index is 13.2. The van der Waals surface area contributed by atoms with Crippen LogP contribution in [-0.2, 0) is 29.7 Å². The normalized spacial score (nSPS) is 17.4. The summed E-state index contributed by atoms with van der Waals surface area (Å²) in [5.41, 5.74) is 0.911. The lowest BCUT2D eigenvalue weighted by Crippen LogP contribution is -2.56. The van der Waals surface area contributed by atoms with E-state index in [-0.39, 0.29) is 24.1 Å². The molecule has 8 heteroatoms. The monoisotopic (exact) mass is 387 g/mol. The SMILES string of the molecule is CCN(Cc1nccn1C)C(=O)C[C@H]1C(=O)NCCN1Cc1ccc(F)cc1. The molecule has 0 spiro atoms. The Morgan fingerprint density at radius 1 is 1.36 bits per heavy atom. The number of hydrogen-bond acceptors (Lipinski definition) is 4. The highest BCUT2D eigenvalue weighted by Gasteiger charge is 2.33. The van der Waals surface area contributed by atoms with Crippen molar-refractivity contribution in [2.45, 2.75) is 32.5 Å². The summed E-state index contributed by atoms with van der Waals surface area (Å²) in [5.74, 6) is 0.276. The molecule has 1 fully saturated rings. The standard InChI is InChI=1S/C20H26FN5O2/c1-3-25(14-18-22-8-10-24(18)2)19(27)12-17-20(28)23-9-11-26(17)13-15-4-6-16(21)7-5-15/h4-8,10,17H,3,9,11-14H2,1-2H3,(H,23,28)/t17-/m0/s1. The Bertz CT molecular complexity index is 820. The second-order valence-electron chi connectivity index (χ2n) is 6.97. The van der Waals surface area contributed by atoms with Crippen LogP contribution in [0, 0.1) is 5.82 Å². The van der Waals surface area contributed by atoms with Gasteiger partial charge >= 0.3 is 0 Å². The largest absolute Gasteiger partial charge is 0.353 e. The number of rotatable bonds is 7. The van der Waals surface area contributed by atoms with Crippen molar-refractivity contribution in [2.75, 3.05) is 19.6 Å². The molecule has 0 radical (unpaired) electrons. The zero-order valence-corrected chi connectivity index (χ0v) is 16.3. The number of carbonyl (C=O) groups excluding carboxylic acids is 2. The van der Waals surface area contributed by atoms with Gasteiger partial charge in [-0.3, -0.25) is 14.5 Å². The van der Waals surface area contributed by atoms with Gasteiger partial charge in [-0.05, 0) is 24.6 Å². The summed E-state index contributed by atoms with van der Waals surface area (Å²) in [7, 11) is 1.89. The lowest BCUT2D eigenvalue weighted by Gasteiger charge is -2.35. The number of hydrogen-bond donors (Lipinski definition) is 1. The molecular weight excluding hydrogens is 361 g/mol. The molecular formula is C20H26FN5O2. The van der Waals surface area contributed by atoms with Crippen molar-refractivity contribution in [1.82, 2.24) is 24.7 Å². The Labute approximate surface area is 164 Å². The van der Waals surface area contributed by atoms with Crippen LogP contribution in [0.4, 0.5) is 4.39 Å². The van der Waals surface area contributed by atoms with E-state index >= 15 is 0 Å². The molecule has 2 heterocycles. The van der Waals surface area contributed by atoms with Gasteiger partial charge in [0, 0.05) is 45.6 Å². The number of aromatic nitrogens is 2. The van der Waals surface area contributed by atoms with E-state index in [4.69, 9.17) is 0 Å². The molecule has 2 aromatic rings. The number of imidazole rings is 1. The van der Waals surface area contributed by atoms with Gasteiger partial charge in [0.25, 0.3) is 0 Å². The highest BCUT2D eigenvalue weighted by molar-refractivity contribution is 5.88. The maximum atomic E-state index is 13.2. The average molecular weight is 387 g/mol. The van der Waals surface area contributed by atoms with Crippen molar-refractivity contribution in [1.29, 1.82) is 0 Å². The summed E-state index contributed by atoms with van der Waals surface area (Å²) >= 11 is 0. The third-order valence-corrected chi connectivity index (χ3v) is 5.10. The number of amides is 2. The first kappa shape index (κ1) is 20.0. The molecule has 1 aliphatic rings. The second kappa shape index (κ2) is 8.97. The van der Waals surface area contributed by atoms with Crippen molar-refractivity contribution in [3.8, 4) is 0 Å². The van der Waals surface area contributed by atoms with Crippen LogP contribution in [0.2, 0.25) is 0 Å². The molecule has 1 atom stereocenters. The van der Waals surface area contributed by atoms with E-state index in [1.54, 1.807) is 23.2 Å². The van der Waals surface area contributed by atoms with Gasteiger partial charge in [-0.25, -0.2) is 9.37 Å². The molecule has 1 N–H and O–H groups in total. The number of nitrogens with one attached hydrogen (secondary N) is 1. The molecule has 1 aromatic carbocycles. The van der Waals surface area contributed by atoms with Gasteiger partial charge in [-0.15, -0.1) is 0 Å². The molecule has 0 bridgehead atoms. The van der Waals surface area contributed by atoms with Crippen LogP contribution in [0.15, 0.2) is 36.7 Å². The van der Waals surface area contributed by atoms with Crippen LogP contribution in [0.25, 0.3) is 0 Å². The molecule has 0 saturated carbocycles. The number of aryl methyl sites for hydroxylation is 1. The van der Waals surface area contributed by atoms with Crippen LogP contribution in [0.3, 0.4) is 0 Å². The Kier molecular flexibility index (Phi) is 6.41. The highest BCUT2D eigenvalue weighted by atomic mass is 19.1. The average Bonchev–Trinajstić information content (AvgIpc) is 3.08. The Morgan fingerprint density at radius 3 is 2.75 bits per heavy atom. The summed E-state index contributed by atoms with van der Waals surface area (Å²) in [6, 6.07) is 5.69. The van der Waals surface area contributed by atoms with Gasteiger partial charge in [0.1, 0.15) is 11.6 Å². The summed E-state index contributed by atoms with van der Waals surface area (Å²) in [4.78, 5) is 33.3. The molecule has 2 amide bonds. The Balaban J connectivity index is 1.68. The van der Waals surface area contributed by atoms with Crippen LogP contribution in [0.1, 0.15) is 24.7 Å². The van der Waals surface area contributed by atoms with E-state index in [2.05, 4.69) is 10.3 Å². The lowest BCUT2D eigenvalue weighted by atomic mass is 10.1. The fourth-order valence-corrected chi connectivity index (χ4v) is 3.39. The predicted octanol–water partition coefficient (Wildman–Crippen LogP) is 1.30. The molecule has 150 valence electrons. The molecule has 3 rings (SSSR count). The van der Waals surface area contributed by atoms with Gasteiger partial charge in [-0.2, -0.15) is 0 Å². The van der Waals surface area contributed by atoms with Crippen molar-refractivity contribution < 1.29 is 14.0 Å². The third-order valence-electron chi connectivity index (χ3n) is 5.10. The zero-order valence-electron chi connectivity index (χ0n) is 16.3. The van der Waals surface area contributed by atoms with Crippen molar-refractivity contribution in [3.05, 3.63) is 53.9 Å². The number of nitrogens with zero attached hydrogens (tertiary/aromatic N) is 4. The maximum Gasteiger partial charge on any atom is 0.237 e. The smallest absolute Gasteiger partial charge is 0.237 e. The lowest BCUT2D eigenvalue weighted by molar-refractivity contribution is -0.139. The topological polar surface area (TPSA) is 70.5 Å². The summed E-state index contributed by atoms with van der Waals surface area (Å²) in [6.45, 7) is 4.54. The zero-order chi connectivity index (χ0) is 20.1. The summed E-state index contributed by atoms with van der Waals surface area (Å²) < 4.78 is 15.0. The number of piperazine rings is 1. The minimum absolute atomic E-state index is 0.0864. The van der Waals surface area contributed by atoms with E-state index in [9.17, 15) is 14.0 Å². The van der Waals surface area contributed by atoms with Crippen LogP contribution in [0.5, 0.6) is 0 Å².